The van der Waals surface area contributed by atoms with E-state index in [0.717, 1.165) is 17.9 Å². The lowest BCUT2D eigenvalue weighted by atomic mass is 10.1. The van der Waals surface area contributed by atoms with Gasteiger partial charge in [0.2, 0.25) is 0 Å². The van der Waals surface area contributed by atoms with Gasteiger partial charge in [-0.1, -0.05) is 12.8 Å². The van der Waals surface area contributed by atoms with Gasteiger partial charge >= 0.3 is 0 Å². The number of thioether (sulfide) groups is 1. The van der Waals surface area contributed by atoms with E-state index in [1.807, 2.05) is 17.8 Å². The standard InChI is InChI=1S/C15H25NO2S/c1-18-14-7-8-15(17)13(11-14)12-16-9-5-3-4-6-10-19-2/h7-8,11,16-17H,3-6,9-10,12H2,1-2H3. The molecular weight excluding hydrogens is 258 g/mol. The molecule has 0 fully saturated rings. The second-order valence-electron chi connectivity index (χ2n) is 4.58. The third-order valence-corrected chi connectivity index (χ3v) is 3.75. The van der Waals surface area contributed by atoms with Crippen molar-refractivity contribution in [3.63, 3.8) is 0 Å². The van der Waals surface area contributed by atoms with Crippen molar-refractivity contribution in [3.05, 3.63) is 23.8 Å². The molecule has 0 saturated carbocycles. The van der Waals surface area contributed by atoms with Crippen molar-refractivity contribution in [3.8, 4) is 11.5 Å². The van der Waals surface area contributed by atoms with Crippen molar-refractivity contribution in [1.82, 2.24) is 5.32 Å². The molecule has 0 aliphatic rings. The van der Waals surface area contributed by atoms with Gasteiger partial charge in [-0.05, 0) is 49.6 Å². The third kappa shape index (κ3) is 6.73. The van der Waals surface area contributed by atoms with E-state index >= 15 is 0 Å². The Hall–Kier alpha value is -0.870. The van der Waals surface area contributed by atoms with Crippen LogP contribution in [0.5, 0.6) is 11.5 Å². The predicted octanol–water partition coefficient (Wildman–Crippen LogP) is 3.41. The predicted molar refractivity (Wildman–Crippen MR) is 83.2 cm³/mol. The van der Waals surface area contributed by atoms with Gasteiger partial charge in [-0.25, -0.2) is 0 Å². The van der Waals surface area contributed by atoms with Crippen LogP contribution in [0.15, 0.2) is 18.2 Å². The number of unbranched alkanes of at least 4 members (excludes halogenated alkanes) is 3. The highest BCUT2D eigenvalue weighted by Crippen LogP contribution is 2.22. The average Bonchev–Trinajstić information content (AvgIpc) is 2.43. The fourth-order valence-electron chi connectivity index (χ4n) is 1.90. The maximum Gasteiger partial charge on any atom is 0.120 e. The summed E-state index contributed by atoms with van der Waals surface area (Å²) in [6, 6.07) is 5.32. The highest BCUT2D eigenvalue weighted by molar-refractivity contribution is 7.98. The number of rotatable bonds is 10. The van der Waals surface area contributed by atoms with E-state index < -0.39 is 0 Å². The second-order valence-corrected chi connectivity index (χ2v) is 5.56. The van der Waals surface area contributed by atoms with Crippen molar-refractivity contribution >= 4 is 11.8 Å². The molecule has 0 spiro atoms. The fourth-order valence-corrected chi connectivity index (χ4v) is 2.40. The largest absolute Gasteiger partial charge is 0.508 e. The van der Waals surface area contributed by atoms with E-state index in [-0.39, 0.29) is 0 Å². The average molecular weight is 283 g/mol. The zero-order valence-corrected chi connectivity index (χ0v) is 12.8. The molecule has 0 bridgehead atoms. The summed E-state index contributed by atoms with van der Waals surface area (Å²) in [5.74, 6) is 2.38. The zero-order valence-electron chi connectivity index (χ0n) is 11.9. The molecule has 0 aliphatic carbocycles. The third-order valence-electron chi connectivity index (χ3n) is 3.05. The lowest BCUT2D eigenvalue weighted by Gasteiger charge is -2.08. The molecule has 1 rings (SSSR count). The summed E-state index contributed by atoms with van der Waals surface area (Å²) >= 11 is 1.92. The first-order valence-corrected chi connectivity index (χ1v) is 8.23. The van der Waals surface area contributed by atoms with Crippen LogP contribution >= 0.6 is 11.8 Å². The van der Waals surface area contributed by atoms with E-state index in [4.69, 9.17) is 4.74 Å². The van der Waals surface area contributed by atoms with Gasteiger partial charge in [0.1, 0.15) is 11.5 Å². The van der Waals surface area contributed by atoms with Gasteiger partial charge in [-0.3, -0.25) is 0 Å². The van der Waals surface area contributed by atoms with E-state index in [9.17, 15) is 5.11 Å². The summed E-state index contributed by atoms with van der Waals surface area (Å²) in [6.07, 6.45) is 7.25. The molecule has 19 heavy (non-hydrogen) atoms. The Morgan fingerprint density at radius 1 is 1.21 bits per heavy atom. The van der Waals surface area contributed by atoms with Gasteiger partial charge in [0.05, 0.1) is 7.11 Å². The highest BCUT2D eigenvalue weighted by Gasteiger charge is 2.02. The molecule has 0 saturated heterocycles. The molecule has 2 N–H and O–H groups in total. The Balaban J connectivity index is 2.15. The van der Waals surface area contributed by atoms with Crippen LogP contribution in [0.3, 0.4) is 0 Å². The van der Waals surface area contributed by atoms with Crippen LogP contribution in [0.1, 0.15) is 31.2 Å². The van der Waals surface area contributed by atoms with Crippen molar-refractivity contribution in [2.75, 3.05) is 25.7 Å². The number of benzene rings is 1. The smallest absolute Gasteiger partial charge is 0.120 e. The molecule has 0 amide bonds. The Morgan fingerprint density at radius 3 is 2.74 bits per heavy atom. The zero-order chi connectivity index (χ0) is 13.9. The SMILES string of the molecule is COc1ccc(O)c(CNCCCCCCSC)c1. The molecule has 1 aromatic carbocycles. The number of hydrogen-bond donors (Lipinski definition) is 2. The topological polar surface area (TPSA) is 41.5 Å². The minimum absolute atomic E-state index is 0.327. The summed E-state index contributed by atoms with van der Waals surface area (Å²) < 4.78 is 5.15. The molecule has 4 heteroatoms. The fraction of sp³-hybridized carbons (Fsp3) is 0.600. The van der Waals surface area contributed by atoms with Crippen LogP contribution in [0.2, 0.25) is 0 Å². The van der Waals surface area contributed by atoms with Crippen molar-refractivity contribution in [2.24, 2.45) is 0 Å². The van der Waals surface area contributed by atoms with Gasteiger partial charge in [0, 0.05) is 12.1 Å². The number of methoxy groups -OCH3 is 1. The maximum atomic E-state index is 9.73. The number of nitrogens with one attached hydrogen (secondary N) is 1. The lowest BCUT2D eigenvalue weighted by molar-refractivity contribution is 0.410. The minimum atomic E-state index is 0.327. The molecule has 0 aliphatic heterocycles. The van der Waals surface area contributed by atoms with E-state index in [1.165, 1.54) is 31.4 Å². The summed E-state index contributed by atoms with van der Waals surface area (Å²) in [6.45, 7) is 1.68. The first-order valence-electron chi connectivity index (χ1n) is 6.83. The number of phenolic OH excluding ortho intramolecular Hbond substituents is 1. The first-order chi connectivity index (χ1) is 9.27. The Morgan fingerprint density at radius 2 is 2.00 bits per heavy atom. The van der Waals surface area contributed by atoms with Crippen LogP contribution in [0.4, 0.5) is 0 Å². The van der Waals surface area contributed by atoms with Gasteiger partial charge in [-0.15, -0.1) is 0 Å². The van der Waals surface area contributed by atoms with Crippen LogP contribution < -0.4 is 10.1 Å². The molecule has 0 radical (unpaired) electrons. The van der Waals surface area contributed by atoms with Crippen LogP contribution in [0, 0.1) is 0 Å². The highest BCUT2D eigenvalue weighted by atomic mass is 32.2. The number of hydrogen-bond acceptors (Lipinski definition) is 4. The minimum Gasteiger partial charge on any atom is -0.508 e. The number of aromatic hydroxyl groups is 1. The number of ether oxygens (including phenoxy) is 1. The number of phenols is 1. The molecule has 3 nitrogen and oxygen atoms in total. The van der Waals surface area contributed by atoms with Crippen LogP contribution in [-0.4, -0.2) is 30.8 Å². The molecule has 1 aromatic rings. The van der Waals surface area contributed by atoms with Gasteiger partial charge in [-0.2, -0.15) is 11.8 Å². The van der Waals surface area contributed by atoms with Crippen LogP contribution in [0.25, 0.3) is 0 Å². The van der Waals surface area contributed by atoms with Crippen molar-refractivity contribution in [2.45, 2.75) is 32.2 Å². The van der Waals surface area contributed by atoms with Crippen molar-refractivity contribution in [1.29, 1.82) is 0 Å². The van der Waals surface area contributed by atoms with Crippen molar-refractivity contribution < 1.29 is 9.84 Å². The first kappa shape index (κ1) is 16.2. The van der Waals surface area contributed by atoms with Crippen LogP contribution in [-0.2, 0) is 6.54 Å². The van der Waals surface area contributed by atoms with Gasteiger partial charge in [0.25, 0.3) is 0 Å². The summed E-state index contributed by atoms with van der Waals surface area (Å²) in [5.41, 5.74) is 0.890. The quantitative estimate of drug-likeness (QED) is 0.646. The molecule has 0 heterocycles. The molecular formula is C15H25NO2S. The van der Waals surface area contributed by atoms with E-state index in [2.05, 4.69) is 11.6 Å². The summed E-state index contributed by atoms with van der Waals surface area (Å²) in [4.78, 5) is 0. The van der Waals surface area contributed by atoms with Gasteiger partial charge in [0.15, 0.2) is 0 Å². The summed E-state index contributed by atoms with van der Waals surface area (Å²) in [7, 11) is 1.64. The second kappa shape index (κ2) is 9.98. The van der Waals surface area contributed by atoms with E-state index in [0.29, 0.717) is 12.3 Å². The Kier molecular flexibility index (Phi) is 8.50. The summed E-state index contributed by atoms with van der Waals surface area (Å²) in [5, 5.41) is 13.1. The van der Waals surface area contributed by atoms with Gasteiger partial charge < -0.3 is 15.2 Å². The molecule has 108 valence electrons. The monoisotopic (exact) mass is 283 g/mol. The molecule has 0 unspecified atom stereocenters. The molecule has 0 aromatic heterocycles. The van der Waals surface area contributed by atoms with E-state index in [1.54, 1.807) is 19.2 Å². The molecule has 0 atom stereocenters. The Bertz CT molecular complexity index is 358. The normalized spacial score (nSPS) is 10.6. The maximum absolute atomic E-state index is 9.73. The Labute approximate surface area is 120 Å². The lowest BCUT2D eigenvalue weighted by Crippen LogP contribution is -2.14.